The maximum atomic E-state index is 12.0. The maximum absolute atomic E-state index is 12.0. The lowest BCUT2D eigenvalue weighted by Gasteiger charge is -2.34. The number of piperidine rings is 1. The average molecular weight is 504 g/mol. The van der Waals surface area contributed by atoms with Crippen molar-refractivity contribution >= 4 is 18.4 Å². The van der Waals surface area contributed by atoms with Crippen molar-refractivity contribution in [1.29, 1.82) is 0 Å². The molecule has 2 atom stereocenters. The largest absolute Gasteiger partial charge is 0.463 e. The number of carbonyl (C=O) groups is 1. The predicted molar refractivity (Wildman–Crippen MR) is 143 cm³/mol. The van der Waals surface area contributed by atoms with Gasteiger partial charge in [-0.15, -0.1) is 12.4 Å². The Balaban J connectivity index is 0.00000432. The molecule has 1 fully saturated rings. The van der Waals surface area contributed by atoms with Crippen molar-refractivity contribution in [3.8, 4) is 0 Å². The summed E-state index contributed by atoms with van der Waals surface area (Å²) in [6.07, 6.45) is 2.88. The van der Waals surface area contributed by atoms with Crippen molar-refractivity contribution in [3.05, 3.63) is 70.3 Å². The summed E-state index contributed by atoms with van der Waals surface area (Å²) in [6.45, 7) is 10.7. The molecule has 6 heteroatoms. The summed E-state index contributed by atoms with van der Waals surface area (Å²) in [6, 6.07) is 13.9. The topological polar surface area (TPSA) is 70.0 Å². The molecule has 2 unspecified atom stereocenters. The van der Waals surface area contributed by atoms with Crippen LogP contribution in [0.5, 0.6) is 0 Å². The van der Waals surface area contributed by atoms with Crippen molar-refractivity contribution in [3.63, 3.8) is 0 Å². The van der Waals surface area contributed by atoms with Crippen LogP contribution < -0.4 is 0 Å². The Morgan fingerprint density at radius 1 is 1.03 bits per heavy atom. The number of hydrogen-bond acceptors (Lipinski definition) is 5. The van der Waals surface area contributed by atoms with Crippen molar-refractivity contribution < 1.29 is 19.7 Å². The molecule has 5 nitrogen and oxygen atoms in total. The Bertz CT molecular complexity index is 926. The zero-order valence-electron chi connectivity index (χ0n) is 21.6. The van der Waals surface area contributed by atoms with Gasteiger partial charge in [-0.1, -0.05) is 42.5 Å². The number of carbonyl (C=O) groups excluding carboxylic acids is 1. The normalized spacial score (nSPS) is 16.5. The van der Waals surface area contributed by atoms with E-state index in [2.05, 4.69) is 4.90 Å². The number of likely N-dealkylation sites (tertiary alicyclic amines) is 1. The molecule has 2 N–H and O–H groups in total. The first-order valence-corrected chi connectivity index (χ1v) is 12.7. The summed E-state index contributed by atoms with van der Waals surface area (Å²) >= 11 is 0. The second kappa shape index (κ2) is 14.0. The molecule has 35 heavy (non-hydrogen) atoms. The molecule has 0 aromatic heterocycles. The van der Waals surface area contributed by atoms with Gasteiger partial charge in [0.25, 0.3) is 0 Å². The molecule has 0 amide bonds. The number of hydrogen-bond donors (Lipinski definition) is 2. The first kappa shape index (κ1) is 29.3. The molecule has 0 spiro atoms. The van der Waals surface area contributed by atoms with Crippen LogP contribution in [0.4, 0.5) is 0 Å². The van der Waals surface area contributed by atoms with Gasteiger partial charge in [-0.3, -0.25) is 4.79 Å². The number of nitrogens with zero attached hydrogens (tertiary/aromatic N) is 1. The minimum Gasteiger partial charge on any atom is -0.463 e. The smallest absolute Gasteiger partial charge is 0.310 e. The fourth-order valence-corrected chi connectivity index (χ4v) is 4.99. The Kier molecular flexibility index (Phi) is 11.7. The third-order valence-corrected chi connectivity index (χ3v) is 7.17. The molecule has 2 aromatic rings. The molecular formula is C29H42ClNO4. The lowest BCUT2D eigenvalue weighted by Crippen LogP contribution is -2.36. The van der Waals surface area contributed by atoms with Crippen LogP contribution in [-0.2, 0) is 16.0 Å². The SMILES string of the molecule is Cc1c(CC(=O)OC(C)C)ccc(C(O)CCCN2CCC(C(O)c3ccccc3)CC2)c1C.Cl. The number of benzene rings is 2. The molecule has 0 saturated carbocycles. The second-order valence-electron chi connectivity index (χ2n) is 9.97. The second-order valence-corrected chi connectivity index (χ2v) is 9.97. The van der Waals surface area contributed by atoms with E-state index in [1.54, 1.807) is 0 Å². The molecule has 1 aliphatic rings. The van der Waals surface area contributed by atoms with Crippen LogP contribution in [0.2, 0.25) is 0 Å². The fraction of sp³-hybridized carbons (Fsp3) is 0.552. The number of aliphatic hydroxyl groups excluding tert-OH is 2. The Morgan fingerprint density at radius 3 is 2.31 bits per heavy atom. The number of rotatable bonds is 10. The lowest BCUT2D eigenvalue weighted by molar-refractivity contribution is -0.146. The molecule has 0 radical (unpaired) electrons. The van der Waals surface area contributed by atoms with Gasteiger partial charge >= 0.3 is 5.97 Å². The van der Waals surface area contributed by atoms with Crippen molar-refractivity contribution in [2.75, 3.05) is 19.6 Å². The van der Waals surface area contributed by atoms with Gasteiger partial charge in [-0.25, -0.2) is 0 Å². The molecule has 1 aliphatic heterocycles. The molecule has 0 bridgehead atoms. The molecule has 1 saturated heterocycles. The monoisotopic (exact) mass is 503 g/mol. The third-order valence-electron chi connectivity index (χ3n) is 7.17. The van der Waals surface area contributed by atoms with E-state index in [0.29, 0.717) is 12.3 Å². The standard InChI is InChI=1S/C29H41NO4.ClH/c1-20(2)34-28(32)19-25-12-13-26(22(4)21(25)3)27(31)11-8-16-30-17-14-24(15-18-30)29(33)23-9-6-5-7-10-23;/h5-7,9-10,12-13,20,24,27,29,31,33H,8,11,14-19H2,1-4H3;1H. The minimum absolute atomic E-state index is 0. The summed E-state index contributed by atoms with van der Waals surface area (Å²) in [7, 11) is 0. The van der Waals surface area contributed by atoms with E-state index in [9.17, 15) is 15.0 Å². The highest BCUT2D eigenvalue weighted by atomic mass is 35.5. The Labute approximate surface area is 216 Å². The molecular weight excluding hydrogens is 462 g/mol. The van der Waals surface area contributed by atoms with E-state index < -0.39 is 6.10 Å². The van der Waals surface area contributed by atoms with Crippen LogP contribution in [0, 0.1) is 19.8 Å². The average Bonchev–Trinajstić information content (AvgIpc) is 2.82. The molecule has 194 valence electrons. The van der Waals surface area contributed by atoms with Crippen molar-refractivity contribution in [2.45, 2.75) is 78.1 Å². The molecule has 1 heterocycles. The first-order chi connectivity index (χ1) is 16.3. The van der Waals surface area contributed by atoms with Crippen LogP contribution >= 0.6 is 12.4 Å². The lowest BCUT2D eigenvalue weighted by atomic mass is 9.87. The Hall–Kier alpha value is -1.92. The van der Waals surface area contributed by atoms with Gasteiger partial charge in [-0.05, 0) is 107 Å². The van der Waals surface area contributed by atoms with Gasteiger partial charge in [0.15, 0.2) is 0 Å². The van der Waals surface area contributed by atoms with E-state index in [0.717, 1.165) is 66.7 Å². The fourth-order valence-electron chi connectivity index (χ4n) is 4.99. The van der Waals surface area contributed by atoms with Crippen LogP contribution in [0.25, 0.3) is 0 Å². The highest BCUT2D eigenvalue weighted by molar-refractivity contribution is 5.85. The maximum Gasteiger partial charge on any atom is 0.310 e. The quantitative estimate of drug-likeness (QED) is 0.420. The number of halogens is 1. The minimum atomic E-state index is -0.507. The van der Waals surface area contributed by atoms with Gasteiger partial charge in [0, 0.05) is 0 Å². The van der Waals surface area contributed by atoms with Crippen LogP contribution in [0.3, 0.4) is 0 Å². The van der Waals surface area contributed by atoms with E-state index >= 15 is 0 Å². The number of aliphatic hydroxyl groups is 2. The van der Waals surface area contributed by atoms with Crippen LogP contribution in [0.1, 0.15) is 79.6 Å². The van der Waals surface area contributed by atoms with Gasteiger partial charge in [0.05, 0.1) is 24.7 Å². The summed E-state index contributed by atoms with van der Waals surface area (Å²) in [5.74, 6) is 0.0945. The summed E-state index contributed by atoms with van der Waals surface area (Å²) in [5, 5.41) is 21.5. The molecule has 0 aliphatic carbocycles. The van der Waals surface area contributed by atoms with Crippen molar-refractivity contribution in [1.82, 2.24) is 4.90 Å². The molecule has 2 aromatic carbocycles. The predicted octanol–water partition coefficient (Wildman–Crippen LogP) is 5.48. The van der Waals surface area contributed by atoms with E-state index in [1.165, 1.54) is 0 Å². The summed E-state index contributed by atoms with van der Waals surface area (Å²) in [4.78, 5) is 14.5. The zero-order chi connectivity index (χ0) is 24.7. The zero-order valence-corrected chi connectivity index (χ0v) is 22.4. The number of ether oxygens (including phenoxy) is 1. The van der Waals surface area contributed by atoms with E-state index in [4.69, 9.17) is 4.74 Å². The van der Waals surface area contributed by atoms with Crippen LogP contribution in [-0.4, -0.2) is 46.8 Å². The Morgan fingerprint density at radius 2 is 1.69 bits per heavy atom. The molecule has 3 rings (SSSR count). The van der Waals surface area contributed by atoms with Crippen LogP contribution in [0.15, 0.2) is 42.5 Å². The van der Waals surface area contributed by atoms with E-state index in [-0.39, 0.29) is 37.0 Å². The summed E-state index contributed by atoms with van der Waals surface area (Å²) in [5.41, 5.74) is 5.02. The summed E-state index contributed by atoms with van der Waals surface area (Å²) < 4.78 is 5.27. The van der Waals surface area contributed by atoms with Gasteiger partial charge < -0.3 is 19.8 Å². The van der Waals surface area contributed by atoms with E-state index in [1.807, 2.05) is 70.2 Å². The highest BCUT2D eigenvalue weighted by Gasteiger charge is 2.26. The number of esters is 1. The van der Waals surface area contributed by atoms with Crippen molar-refractivity contribution in [2.24, 2.45) is 5.92 Å². The van der Waals surface area contributed by atoms with Gasteiger partial charge in [0.2, 0.25) is 0 Å². The van der Waals surface area contributed by atoms with Gasteiger partial charge in [0.1, 0.15) is 0 Å². The highest BCUT2D eigenvalue weighted by Crippen LogP contribution is 2.31. The third kappa shape index (κ3) is 8.32. The first-order valence-electron chi connectivity index (χ1n) is 12.7. The van der Waals surface area contributed by atoms with Gasteiger partial charge in [-0.2, -0.15) is 0 Å².